The summed E-state index contributed by atoms with van der Waals surface area (Å²) < 4.78 is 5.00. The summed E-state index contributed by atoms with van der Waals surface area (Å²) in [5.41, 5.74) is 2.07. The number of likely N-dealkylation sites (N-methyl/N-ethyl adjacent to an activating group) is 1. The molecule has 19 heavy (non-hydrogen) atoms. The number of hydrogen-bond acceptors (Lipinski definition) is 3. The summed E-state index contributed by atoms with van der Waals surface area (Å²) in [6, 6.07) is 7.74. The molecule has 0 fully saturated rings. The molecule has 0 heterocycles. The van der Waals surface area contributed by atoms with Crippen LogP contribution in [0.25, 0.3) is 6.08 Å². The van der Waals surface area contributed by atoms with Crippen LogP contribution in [0.4, 0.5) is 0 Å². The van der Waals surface area contributed by atoms with Gasteiger partial charge in [0.1, 0.15) is 0 Å². The van der Waals surface area contributed by atoms with Crippen molar-refractivity contribution in [3.05, 3.63) is 41.5 Å². The third kappa shape index (κ3) is 4.95. The standard InChI is InChI=1S/C15H19NO3/c1-11-5-7-13(8-6-11)9-10-14(17)19-12(2)15(18)16(3)4/h5-10,12H,1-4H3/b10-9+. The molecule has 4 heteroatoms. The largest absolute Gasteiger partial charge is 0.449 e. The van der Waals surface area contributed by atoms with E-state index in [1.54, 1.807) is 27.1 Å². The van der Waals surface area contributed by atoms with E-state index < -0.39 is 12.1 Å². The molecule has 4 nitrogen and oxygen atoms in total. The van der Waals surface area contributed by atoms with E-state index in [1.165, 1.54) is 11.0 Å². The lowest BCUT2D eigenvalue weighted by Gasteiger charge is -2.16. The summed E-state index contributed by atoms with van der Waals surface area (Å²) in [4.78, 5) is 24.4. The molecule has 1 aromatic rings. The van der Waals surface area contributed by atoms with Crippen molar-refractivity contribution in [1.82, 2.24) is 4.90 Å². The van der Waals surface area contributed by atoms with Crippen LogP contribution in [0.2, 0.25) is 0 Å². The molecule has 1 aromatic carbocycles. The summed E-state index contributed by atoms with van der Waals surface area (Å²) in [5.74, 6) is -0.764. The number of aryl methyl sites for hydroxylation is 1. The van der Waals surface area contributed by atoms with E-state index in [0.29, 0.717) is 0 Å². The molecule has 1 atom stereocenters. The van der Waals surface area contributed by atoms with Gasteiger partial charge in [-0.1, -0.05) is 29.8 Å². The smallest absolute Gasteiger partial charge is 0.331 e. The molecular formula is C15H19NO3. The Morgan fingerprint density at radius 2 is 1.79 bits per heavy atom. The topological polar surface area (TPSA) is 46.6 Å². The van der Waals surface area contributed by atoms with Gasteiger partial charge in [-0.05, 0) is 25.5 Å². The van der Waals surface area contributed by atoms with Crippen molar-refractivity contribution < 1.29 is 14.3 Å². The minimum Gasteiger partial charge on any atom is -0.449 e. The van der Waals surface area contributed by atoms with E-state index in [1.807, 2.05) is 31.2 Å². The van der Waals surface area contributed by atoms with Crippen molar-refractivity contribution in [3.8, 4) is 0 Å². The second-order valence-electron chi connectivity index (χ2n) is 4.56. The maximum Gasteiger partial charge on any atom is 0.331 e. The van der Waals surface area contributed by atoms with E-state index in [4.69, 9.17) is 4.74 Å². The molecule has 1 unspecified atom stereocenters. The average Bonchev–Trinajstić information content (AvgIpc) is 2.37. The molecule has 1 rings (SSSR count). The number of nitrogens with zero attached hydrogens (tertiary/aromatic N) is 1. The molecule has 0 radical (unpaired) electrons. The van der Waals surface area contributed by atoms with Crippen LogP contribution in [-0.4, -0.2) is 37.0 Å². The first-order valence-electron chi connectivity index (χ1n) is 6.06. The highest BCUT2D eigenvalue weighted by atomic mass is 16.5. The highest BCUT2D eigenvalue weighted by Gasteiger charge is 2.17. The predicted molar refractivity (Wildman–Crippen MR) is 74.5 cm³/mol. The van der Waals surface area contributed by atoms with Crippen LogP contribution in [0.1, 0.15) is 18.1 Å². The van der Waals surface area contributed by atoms with Crippen molar-refractivity contribution >= 4 is 18.0 Å². The SMILES string of the molecule is Cc1ccc(/C=C/C(=O)OC(C)C(=O)N(C)C)cc1. The number of carbonyl (C=O) groups excluding carboxylic acids is 2. The monoisotopic (exact) mass is 261 g/mol. The van der Waals surface area contributed by atoms with E-state index in [2.05, 4.69) is 0 Å². The molecule has 1 amide bonds. The lowest BCUT2D eigenvalue weighted by Crippen LogP contribution is -2.34. The van der Waals surface area contributed by atoms with Crippen LogP contribution < -0.4 is 0 Å². The van der Waals surface area contributed by atoms with Gasteiger partial charge in [-0.3, -0.25) is 4.79 Å². The molecule has 0 saturated heterocycles. The second-order valence-corrected chi connectivity index (χ2v) is 4.56. The average molecular weight is 261 g/mol. The van der Waals surface area contributed by atoms with E-state index >= 15 is 0 Å². The zero-order valence-corrected chi connectivity index (χ0v) is 11.7. The minimum absolute atomic E-state index is 0.239. The predicted octanol–water partition coefficient (Wildman–Crippen LogP) is 2.03. The molecule has 0 aromatic heterocycles. The number of amides is 1. The van der Waals surface area contributed by atoms with Crippen LogP contribution in [0.3, 0.4) is 0 Å². The lowest BCUT2D eigenvalue weighted by molar-refractivity contribution is -0.153. The fourth-order valence-corrected chi connectivity index (χ4v) is 1.47. The Hall–Kier alpha value is -2.10. The molecule has 0 saturated carbocycles. The van der Waals surface area contributed by atoms with Crippen molar-refractivity contribution in [3.63, 3.8) is 0 Å². The molecule has 0 spiro atoms. The summed E-state index contributed by atoms with van der Waals surface area (Å²) in [6.07, 6.45) is 2.21. The summed E-state index contributed by atoms with van der Waals surface area (Å²) in [7, 11) is 3.24. The Morgan fingerprint density at radius 3 is 2.32 bits per heavy atom. The van der Waals surface area contributed by atoms with Gasteiger partial charge < -0.3 is 9.64 Å². The lowest BCUT2D eigenvalue weighted by atomic mass is 10.1. The van der Waals surface area contributed by atoms with Crippen LogP contribution in [0.15, 0.2) is 30.3 Å². The molecule has 0 bridgehead atoms. The summed E-state index contributed by atoms with van der Waals surface area (Å²) in [6.45, 7) is 3.55. The number of benzene rings is 1. The Bertz CT molecular complexity index is 475. The van der Waals surface area contributed by atoms with E-state index in [0.717, 1.165) is 11.1 Å². The number of ether oxygens (including phenoxy) is 1. The van der Waals surface area contributed by atoms with Gasteiger partial charge in [0.2, 0.25) is 0 Å². The van der Waals surface area contributed by atoms with E-state index in [-0.39, 0.29) is 5.91 Å². The number of esters is 1. The van der Waals surface area contributed by atoms with Crippen LogP contribution >= 0.6 is 0 Å². The third-order valence-corrected chi connectivity index (χ3v) is 2.57. The quantitative estimate of drug-likeness (QED) is 0.615. The van der Waals surface area contributed by atoms with Gasteiger partial charge in [0, 0.05) is 20.2 Å². The fourth-order valence-electron chi connectivity index (χ4n) is 1.47. The number of hydrogen-bond donors (Lipinski definition) is 0. The molecular weight excluding hydrogens is 242 g/mol. The van der Waals surface area contributed by atoms with Gasteiger partial charge in [-0.25, -0.2) is 4.79 Å². The van der Waals surface area contributed by atoms with Crippen LogP contribution in [0.5, 0.6) is 0 Å². The highest BCUT2D eigenvalue weighted by molar-refractivity contribution is 5.90. The maximum absolute atomic E-state index is 11.5. The Kier molecular flexibility index (Phi) is 5.30. The first-order chi connectivity index (χ1) is 8.90. The molecule has 0 aliphatic carbocycles. The van der Waals surface area contributed by atoms with Crippen molar-refractivity contribution in [2.45, 2.75) is 20.0 Å². The third-order valence-electron chi connectivity index (χ3n) is 2.57. The molecule has 0 N–H and O–H groups in total. The van der Waals surface area contributed by atoms with Gasteiger partial charge in [0.15, 0.2) is 6.10 Å². The summed E-state index contributed by atoms with van der Waals surface area (Å²) in [5, 5.41) is 0. The highest BCUT2D eigenvalue weighted by Crippen LogP contribution is 2.05. The normalized spacial score (nSPS) is 12.2. The van der Waals surface area contributed by atoms with Crippen molar-refractivity contribution in [2.75, 3.05) is 14.1 Å². The van der Waals surface area contributed by atoms with Gasteiger partial charge in [0.05, 0.1) is 0 Å². The first-order valence-corrected chi connectivity index (χ1v) is 6.06. The molecule has 102 valence electrons. The van der Waals surface area contributed by atoms with E-state index in [9.17, 15) is 9.59 Å². The van der Waals surface area contributed by atoms with Gasteiger partial charge in [-0.15, -0.1) is 0 Å². The Labute approximate surface area is 113 Å². The van der Waals surface area contributed by atoms with Gasteiger partial charge in [0.25, 0.3) is 5.91 Å². The Morgan fingerprint density at radius 1 is 1.21 bits per heavy atom. The number of carbonyl (C=O) groups is 2. The molecule has 0 aliphatic rings. The zero-order valence-electron chi connectivity index (χ0n) is 11.7. The zero-order chi connectivity index (χ0) is 14.4. The Balaban J connectivity index is 2.55. The number of rotatable bonds is 4. The minimum atomic E-state index is -0.773. The van der Waals surface area contributed by atoms with Gasteiger partial charge in [-0.2, -0.15) is 0 Å². The maximum atomic E-state index is 11.5. The van der Waals surface area contributed by atoms with Crippen LogP contribution in [-0.2, 0) is 14.3 Å². The summed E-state index contributed by atoms with van der Waals surface area (Å²) >= 11 is 0. The van der Waals surface area contributed by atoms with Crippen LogP contribution in [0, 0.1) is 6.92 Å². The van der Waals surface area contributed by atoms with Crippen molar-refractivity contribution in [2.24, 2.45) is 0 Å². The van der Waals surface area contributed by atoms with Gasteiger partial charge >= 0.3 is 5.97 Å². The second kappa shape index (κ2) is 6.73. The first kappa shape index (κ1) is 15.0. The fraction of sp³-hybridized carbons (Fsp3) is 0.333. The molecule has 0 aliphatic heterocycles. The van der Waals surface area contributed by atoms with Crippen molar-refractivity contribution in [1.29, 1.82) is 0 Å².